The highest BCUT2D eigenvalue weighted by Crippen LogP contribution is 1.86. The van der Waals surface area contributed by atoms with Crippen LogP contribution in [0, 0.1) is 0 Å². The number of pyridine rings is 1. The molecule has 0 aliphatic heterocycles. The van der Waals surface area contributed by atoms with Crippen LogP contribution < -0.4 is 5.46 Å². The molecule has 1 heterocycles. The highest BCUT2D eigenvalue weighted by molar-refractivity contribution is 8.23. The maximum atomic E-state index is 3.92. The average Bonchev–Trinajstić information content (AvgIpc) is 1.91. The normalized spacial score (nSPS) is 9.00. The zero-order valence-electron chi connectivity index (χ0n) is 5.37. The molecule has 0 aliphatic rings. The minimum atomic E-state index is 1.09. The van der Waals surface area contributed by atoms with Crippen molar-refractivity contribution in [1.82, 2.24) is 4.98 Å². The molecule has 0 bridgehead atoms. The van der Waals surface area contributed by atoms with Gasteiger partial charge in [-0.2, -0.15) is 0 Å². The van der Waals surface area contributed by atoms with E-state index in [0.29, 0.717) is 0 Å². The van der Waals surface area contributed by atoms with Crippen molar-refractivity contribution < 1.29 is 0 Å². The summed E-state index contributed by atoms with van der Waals surface area (Å²) in [7, 11) is 0. The van der Waals surface area contributed by atoms with E-state index < -0.39 is 0 Å². The molecule has 0 fully saturated rings. The first-order chi connectivity index (χ1) is 4.43. The topological polar surface area (TPSA) is 12.9 Å². The Morgan fingerprint density at radius 1 is 1.44 bits per heavy atom. The molecule has 1 aromatic heterocycles. The van der Waals surface area contributed by atoms with Gasteiger partial charge in [0.25, 0.3) is 0 Å². The van der Waals surface area contributed by atoms with Crippen LogP contribution in [0.5, 0.6) is 0 Å². The van der Waals surface area contributed by atoms with Crippen LogP contribution in [-0.4, -0.2) is 17.8 Å². The van der Waals surface area contributed by atoms with E-state index in [4.69, 9.17) is 0 Å². The van der Waals surface area contributed by atoms with E-state index in [2.05, 4.69) is 11.2 Å². The van der Waals surface area contributed by atoms with Gasteiger partial charge in [-0.05, 0) is 18.4 Å². The quantitative estimate of drug-likeness (QED) is 0.548. The molecule has 0 saturated heterocycles. The summed E-state index contributed by atoms with van der Waals surface area (Å²) in [6.07, 6.45) is 5.75. The molecular weight excluding hydrogens is 129 g/mol. The van der Waals surface area contributed by atoms with E-state index >= 15 is 0 Å². The number of nitrogens with zero attached hydrogens (tertiary/aromatic N) is 1. The molecule has 0 N–H and O–H groups in total. The van der Waals surface area contributed by atoms with Gasteiger partial charge in [-0.15, -0.1) is 0 Å². The van der Waals surface area contributed by atoms with E-state index in [1.165, 1.54) is 5.46 Å². The lowest BCUT2D eigenvalue weighted by atomic mass is 9.96. The van der Waals surface area contributed by atoms with Crippen molar-refractivity contribution in [2.45, 2.75) is 0 Å². The van der Waals surface area contributed by atoms with Crippen LogP contribution in [0.25, 0.3) is 0 Å². The van der Waals surface area contributed by atoms with Crippen molar-refractivity contribution >= 4 is 23.6 Å². The molecule has 0 radical (unpaired) electrons. The van der Waals surface area contributed by atoms with Crippen LogP contribution in [0.1, 0.15) is 0 Å². The van der Waals surface area contributed by atoms with Crippen molar-refractivity contribution in [3.63, 3.8) is 0 Å². The molecule has 9 heavy (non-hydrogen) atoms. The smallest absolute Gasteiger partial charge is 0.224 e. The number of rotatable bonds is 2. The van der Waals surface area contributed by atoms with Crippen molar-refractivity contribution in [2.75, 3.05) is 6.26 Å². The van der Waals surface area contributed by atoms with Crippen LogP contribution in [-0.2, 0) is 0 Å². The Bertz CT molecular complexity index is 166. The zero-order chi connectivity index (χ0) is 6.53. The van der Waals surface area contributed by atoms with E-state index in [9.17, 15) is 0 Å². The first-order valence-electron chi connectivity index (χ1n) is 2.81. The van der Waals surface area contributed by atoms with Crippen LogP contribution in [0.15, 0.2) is 24.5 Å². The molecule has 46 valence electrons. The van der Waals surface area contributed by atoms with Crippen molar-refractivity contribution in [2.24, 2.45) is 0 Å². The molecule has 0 unspecified atom stereocenters. The van der Waals surface area contributed by atoms with E-state index in [1.807, 2.05) is 36.1 Å². The summed E-state index contributed by atoms with van der Waals surface area (Å²) in [6, 6.07) is 4.08. The first-order valence-corrected chi connectivity index (χ1v) is 4.20. The lowest BCUT2D eigenvalue weighted by molar-refractivity contribution is 1.34. The third-order valence-corrected chi connectivity index (χ3v) is 1.68. The number of hydrogen-bond donors (Lipinski definition) is 0. The van der Waals surface area contributed by atoms with E-state index in [-0.39, 0.29) is 0 Å². The Labute approximate surface area is 60.0 Å². The third-order valence-electron chi connectivity index (χ3n) is 1.06. The molecular formula is C6H8BNS. The van der Waals surface area contributed by atoms with Gasteiger partial charge in [0.05, 0.1) is 0 Å². The van der Waals surface area contributed by atoms with Crippen molar-refractivity contribution in [3.8, 4) is 0 Å². The van der Waals surface area contributed by atoms with Gasteiger partial charge in [0.2, 0.25) is 6.56 Å². The second-order valence-corrected chi connectivity index (χ2v) is 2.65. The molecule has 0 atom stereocenters. The highest BCUT2D eigenvalue weighted by atomic mass is 32.2. The van der Waals surface area contributed by atoms with E-state index in [0.717, 1.165) is 6.56 Å². The summed E-state index contributed by atoms with van der Waals surface area (Å²) in [5, 5.41) is 0. The van der Waals surface area contributed by atoms with Crippen molar-refractivity contribution in [3.05, 3.63) is 24.5 Å². The maximum Gasteiger partial charge on any atom is 0.224 e. The fourth-order valence-electron chi connectivity index (χ4n) is 0.646. The zero-order valence-corrected chi connectivity index (χ0v) is 6.19. The van der Waals surface area contributed by atoms with Crippen molar-refractivity contribution in [1.29, 1.82) is 0 Å². The minimum absolute atomic E-state index is 1.09. The summed E-state index contributed by atoms with van der Waals surface area (Å²) >= 11 is 1.83. The second-order valence-electron chi connectivity index (χ2n) is 1.79. The van der Waals surface area contributed by atoms with Gasteiger partial charge < -0.3 is 0 Å². The SMILES string of the molecule is CSBc1ccncc1. The van der Waals surface area contributed by atoms with Gasteiger partial charge in [0, 0.05) is 12.4 Å². The lowest BCUT2D eigenvalue weighted by Gasteiger charge is -1.91. The van der Waals surface area contributed by atoms with Crippen LogP contribution >= 0.6 is 11.6 Å². The maximum absolute atomic E-state index is 3.92. The molecule has 1 nitrogen and oxygen atoms in total. The Kier molecular flexibility index (Phi) is 2.65. The van der Waals surface area contributed by atoms with Gasteiger partial charge >= 0.3 is 0 Å². The lowest BCUT2D eigenvalue weighted by Crippen LogP contribution is -2.08. The number of hydrogen-bond acceptors (Lipinski definition) is 2. The summed E-state index contributed by atoms with van der Waals surface area (Å²) in [6.45, 7) is 1.09. The molecule has 0 aliphatic carbocycles. The Morgan fingerprint density at radius 3 is 2.67 bits per heavy atom. The van der Waals surface area contributed by atoms with Crippen LogP contribution in [0.2, 0.25) is 0 Å². The standard InChI is InChI=1S/C6H8BNS/c1-9-7-6-2-4-8-5-3-6/h2-5,7H,1H3. The van der Waals surface area contributed by atoms with E-state index in [1.54, 1.807) is 0 Å². The predicted octanol–water partition coefficient (Wildman–Crippen LogP) is 0.421. The van der Waals surface area contributed by atoms with Crippen LogP contribution in [0.4, 0.5) is 0 Å². The van der Waals surface area contributed by atoms with Gasteiger partial charge in [0.1, 0.15) is 0 Å². The van der Waals surface area contributed by atoms with Gasteiger partial charge in [-0.25, -0.2) is 11.6 Å². The molecule has 3 heteroatoms. The Hall–Kier alpha value is -0.435. The van der Waals surface area contributed by atoms with Crippen LogP contribution in [0.3, 0.4) is 0 Å². The Morgan fingerprint density at radius 2 is 2.11 bits per heavy atom. The van der Waals surface area contributed by atoms with Gasteiger partial charge in [-0.1, -0.05) is 5.46 Å². The molecule has 0 saturated carbocycles. The molecule has 1 aromatic rings. The molecule has 1 rings (SSSR count). The van der Waals surface area contributed by atoms with Gasteiger partial charge in [0.15, 0.2) is 0 Å². The Balaban J connectivity index is 2.61. The average molecular weight is 137 g/mol. The fourth-order valence-corrected chi connectivity index (χ4v) is 1.17. The summed E-state index contributed by atoms with van der Waals surface area (Å²) in [4.78, 5) is 3.92. The molecule has 0 amide bonds. The summed E-state index contributed by atoms with van der Waals surface area (Å²) in [5.41, 5.74) is 1.34. The predicted molar refractivity (Wildman–Crippen MR) is 44.5 cm³/mol. The fraction of sp³-hybridized carbons (Fsp3) is 0.167. The molecule has 0 aromatic carbocycles. The molecule has 0 spiro atoms. The second kappa shape index (κ2) is 3.56. The summed E-state index contributed by atoms with van der Waals surface area (Å²) in [5.74, 6) is 0. The third kappa shape index (κ3) is 2.10. The first kappa shape index (κ1) is 6.68. The number of aromatic nitrogens is 1. The van der Waals surface area contributed by atoms with Gasteiger partial charge in [-0.3, -0.25) is 4.98 Å². The minimum Gasteiger partial charge on any atom is -0.265 e. The largest absolute Gasteiger partial charge is 0.265 e. The highest BCUT2D eigenvalue weighted by Gasteiger charge is 1.88. The summed E-state index contributed by atoms with van der Waals surface area (Å²) < 4.78 is 0. The monoisotopic (exact) mass is 137 g/mol.